The van der Waals surface area contributed by atoms with Crippen LogP contribution in [0.15, 0.2) is 47.4 Å². The summed E-state index contributed by atoms with van der Waals surface area (Å²) in [6.45, 7) is 5.60. The summed E-state index contributed by atoms with van der Waals surface area (Å²) in [7, 11) is -3.88. The highest BCUT2D eigenvalue weighted by atomic mass is 35.5. The van der Waals surface area contributed by atoms with Gasteiger partial charge in [0.05, 0.1) is 27.1 Å². The van der Waals surface area contributed by atoms with Crippen molar-refractivity contribution in [3.63, 3.8) is 0 Å². The number of halogens is 2. The number of aliphatic hydroxyl groups is 1. The molecule has 9 nitrogen and oxygen atoms in total. The predicted octanol–water partition coefficient (Wildman–Crippen LogP) is 4.40. The minimum atomic E-state index is -3.88. The minimum Gasteiger partial charge on any atom is -0.424 e. The van der Waals surface area contributed by atoms with E-state index < -0.39 is 16.1 Å². The monoisotopic (exact) mass is 539 g/mol. The molecule has 4 rings (SSSR count). The average molecular weight is 540 g/mol. The van der Waals surface area contributed by atoms with Crippen molar-refractivity contribution in [2.75, 3.05) is 18.0 Å². The van der Waals surface area contributed by atoms with Crippen LogP contribution in [0.25, 0.3) is 0 Å². The second-order valence-electron chi connectivity index (χ2n) is 8.32. The third kappa shape index (κ3) is 5.90. The Bertz CT molecular complexity index is 1290. The van der Waals surface area contributed by atoms with Crippen LogP contribution in [0.4, 0.5) is 5.69 Å². The SMILES string of the molecule is CCn1c(Oc2cccc(N3CCC(O)CC3)c2)nnc1C(C)NS(=O)(=O)c1ccc(Cl)c(Cl)c1. The first-order chi connectivity index (χ1) is 16.7. The second kappa shape index (κ2) is 10.7. The summed E-state index contributed by atoms with van der Waals surface area (Å²) in [5.41, 5.74) is 1.000. The summed E-state index contributed by atoms with van der Waals surface area (Å²) in [6, 6.07) is 11.3. The predicted molar refractivity (Wildman–Crippen MR) is 135 cm³/mol. The van der Waals surface area contributed by atoms with Crippen LogP contribution >= 0.6 is 23.2 Å². The van der Waals surface area contributed by atoms with Crippen molar-refractivity contribution in [2.24, 2.45) is 0 Å². The van der Waals surface area contributed by atoms with E-state index in [4.69, 9.17) is 27.9 Å². The number of aromatic nitrogens is 3. The van der Waals surface area contributed by atoms with Crippen LogP contribution in [-0.4, -0.2) is 47.5 Å². The number of hydrogen-bond acceptors (Lipinski definition) is 7. The number of rotatable bonds is 8. The third-order valence-corrected chi connectivity index (χ3v) is 8.12. The fourth-order valence-corrected chi connectivity index (χ4v) is 5.55. The minimum absolute atomic E-state index is 0.000154. The molecule has 0 amide bonds. The maximum atomic E-state index is 12.9. The molecule has 2 aromatic carbocycles. The molecule has 1 atom stereocenters. The van der Waals surface area contributed by atoms with Crippen molar-refractivity contribution in [1.82, 2.24) is 19.5 Å². The highest BCUT2D eigenvalue weighted by Crippen LogP contribution is 2.29. The highest BCUT2D eigenvalue weighted by molar-refractivity contribution is 7.89. The molecule has 0 radical (unpaired) electrons. The molecule has 1 aliphatic rings. The lowest BCUT2D eigenvalue weighted by Crippen LogP contribution is -2.35. The number of nitrogens with zero attached hydrogens (tertiary/aromatic N) is 4. The van der Waals surface area contributed by atoms with Gasteiger partial charge < -0.3 is 14.7 Å². The molecule has 35 heavy (non-hydrogen) atoms. The molecule has 2 N–H and O–H groups in total. The second-order valence-corrected chi connectivity index (χ2v) is 10.8. The van der Waals surface area contributed by atoms with E-state index in [1.165, 1.54) is 18.2 Å². The topological polar surface area (TPSA) is 110 Å². The fourth-order valence-electron chi connectivity index (χ4n) is 3.96. The molecule has 0 spiro atoms. The Labute approximate surface area is 214 Å². The van der Waals surface area contributed by atoms with Crippen LogP contribution in [-0.2, 0) is 16.6 Å². The zero-order valence-electron chi connectivity index (χ0n) is 19.4. The Morgan fingerprint density at radius 1 is 1.14 bits per heavy atom. The summed E-state index contributed by atoms with van der Waals surface area (Å²) in [5, 5.41) is 18.5. The number of ether oxygens (including phenoxy) is 1. The molecule has 1 fully saturated rings. The number of anilines is 1. The number of hydrogen-bond donors (Lipinski definition) is 2. The first-order valence-corrected chi connectivity index (χ1v) is 13.5. The molecule has 188 valence electrons. The molecule has 1 unspecified atom stereocenters. The molecular formula is C23H27Cl2N5O4S. The van der Waals surface area contributed by atoms with Gasteiger partial charge in [-0.05, 0) is 57.0 Å². The van der Waals surface area contributed by atoms with Gasteiger partial charge in [0.2, 0.25) is 10.0 Å². The van der Waals surface area contributed by atoms with E-state index in [0.29, 0.717) is 18.1 Å². The van der Waals surface area contributed by atoms with Gasteiger partial charge in [0.15, 0.2) is 5.82 Å². The van der Waals surface area contributed by atoms with Gasteiger partial charge in [0.1, 0.15) is 5.75 Å². The molecule has 0 aliphatic carbocycles. The number of benzene rings is 2. The lowest BCUT2D eigenvalue weighted by Gasteiger charge is -2.31. The molecule has 1 saturated heterocycles. The first-order valence-electron chi connectivity index (χ1n) is 11.3. The van der Waals surface area contributed by atoms with Crippen LogP contribution in [0.1, 0.15) is 38.6 Å². The Morgan fingerprint density at radius 2 is 1.89 bits per heavy atom. The maximum absolute atomic E-state index is 12.9. The van der Waals surface area contributed by atoms with Crippen molar-refractivity contribution in [2.45, 2.75) is 50.3 Å². The van der Waals surface area contributed by atoms with Crippen molar-refractivity contribution >= 4 is 38.9 Å². The lowest BCUT2D eigenvalue weighted by molar-refractivity contribution is 0.145. The molecule has 3 aromatic rings. The number of sulfonamides is 1. The van der Waals surface area contributed by atoms with Gasteiger partial charge in [-0.3, -0.25) is 4.57 Å². The Balaban J connectivity index is 1.51. The lowest BCUT2D eigenvalue weighted by atomic mass is 10.1. The third-order valence-electron chi connectivity index (χ3n) is 5.84. The van der Waals surface area contributed by atoms with E-state index in [9.17, 15) is 13.5 Å². The van der Waals surface area contributed by atoms with E-state index in [-0.39, 0.29) is 27.1 Å². The van der Waals surface area contributed by atoms with Crippen LogP contribution in [0.5, 0.6) is 11.8 Å². The van der Waals surface area contributed by atoms with Crippen molar-refractivity contribution in [3.05, 3.63) is 58.3 Å². The largest absolute Gasteiger partial charge is 0.424 e. The smallest absolute Gasteiger partial charge is 0.322 e. The number of nitrogens with one attached hydrogen (secondary N) is 1. The Hall–Kier alpha value is -2.37. The fraction of sp³-hybridized carbons (Fsp3) is 0.391. The van der Waals surface area contributed by atoms with Gasteiger partial charge >= 0.3 is 6.01 Å². The van der Waals surface area contributed by atoms with Crippen molar-refractivity contribution < 1.29 is 18.3 Å². The van der Waals surface area contributed by atoms with E-state index >= 15 is 0 Å². The van der Waals surface area contributed by atoms with Crippen LogP contribution in [0.2, 0.25) is 10.0 Å². The zero-order chi connectivity index (χ0) is 25.2. The average Bonchev–Trinajstić information content (AvgIpc) is 3.23. The summed E-state index contributed by atoms with van der Waals surface area (Å²) in [5.74, 6) is 0.999. The Morgan fingerprint density at radius 3 is 2.57 bits per heavy atom. The standard InChI is InChI=1S/C23H27Cl2N5O4S/c1-3-30-22(15(2)28-35(32,33)19-7-8-20(24)21(25)14-19)26-27-23(30)34-18-6-4-5-16(13-18)29-11-9-17(31)10-12-29/h4-8,13-15,17,28,31H,3,9-12H2,1-2H3. The molecule has 0 saturated carbocycles. The van der Waals surface area contributed by atoms with Gasteiger partial charge in [-0.1, -0.05) is 34.4 Å². The molecule has 2 heterocycles. The van der Waals surface area contributed by atoms with E-state index in [1.54, 1.807) is 11.5 Å². The van der Waals surface area contributed by atoms with Gasteiger partial charge in [-0.2, -0.15) is 0 Å². The van der Waals surface area contributed by atoms with Crippen LogP contribution in [0.3, 0.4) is 0 Å². The number of piperidine rings is 1. The molecule has 0 bridgehead atoms. The van der Waals surface area contributed by atoms with Crippen LogP contribution in [0, 0.1) is 0 Å². The summed E-state index contributed by atoms with van der Waals surface area (Å²) >= 11 is 11.9. The molecule has 1 aromatic heterocycles. The van der Waals surface area contributed by atoms with Crippen molar-refractivity contribution in [1.29, 1.82) is 0 Å². The van der Waals surface area contributed by atoms with E-state index in [1.807, 2.05) is 31.2 Å². The molecule has 12 heteroatoms. The normalized spacial score (nSPS) is 15.9. The van der Waals surface area contributed by atoms with Gasteiger partial charge in [0.25, 0.3) is 0 Å². The van der Waals surface area contributed by atoms with Gasteiger partial charge in [0, 0.05) is 31.4 Å². The van der Waals surface area contributed by atoms with Crippen molar-refractivity contribution in [3.8, 4) is 11.8 Å². The summed E-state index contributed by atoms with van der Waals surface area (Å²) in [6.07, 6.45) is 1.21. The first kappa shape index (κ1) is 25.7. The van der Waals surface area contributed by atoms with Gasteiger partial charge in [-0.15, -0.1) is 5.10 Å². The van der Waals surface area contributed by atoms with Gasteiger partial charge in [-0.25, -0.2) is 13.1 Å². The summed E-state index contributed by atoms with van der Waals surface area (Å²) < 4.78 is 36.1. The quantitative estimate of drug-likeness (QED) is 0.436. The molecular weight excluding hydrogens is 513 g/mol. The van der Waals surface area contributed by atoms with E-state index in [0.717, 1.165) is 31.6 Å². The zero-order valence-corrected chi connectivity index (χ0v) is 21.7. The maximum Gasteiger partial charge on any atom is 0.322 e. The van der Waals surface area contributed by atoms with Crippen LogP contribution < -0.4 is 14.4 Å². The molecule has 1 aliphatic heterocycles. The number of aliphatic hydroxyl groups excluding tert-OH is 1. The highest BCUT2D eigenvalue weighted by Gasteiger charge is 2.25. The Kier molecular flexibility index (Phi) is 7.87. The summed E-state index contributed by atoms with van der Waals surface area (Å²) in [4.78, 5) is 2.20. The van der Waals surface area contributed by atoms with E-state index in [2.05, 4.69) is 19.8 Å².